The van der Waals surface area contributed by atoms with Crippen molar-refractivity contribution in [3.05, 3.63) is 35.2 Å². The van der Waals surface area contributed by atoms with Gasteiger partial charge in [-0.25, -0.2) is 0 Å². The first-order valence-electron chi connectivity index (χ1n) is 6.26. The molecule has 17 heavy (non-hydrogen) atoms. The number of hydrogen-bond donors (Lipinski definition) is 0. The lowest BCUT2D eigenvalue weighted by Crippen LogP contribution is -2.02. The van der Waals surface area contributed by atoms with Crippen molar-refractivity contribution in [1.82, 2.24) is 9.97 Å². The summed E-state index contributed by atoms with van der Waals surface area (Å²) in [6, 6.07) is 2.19. The van der Waals surface area contributed by atoms with Crippen LogP contribution in [0, 0.1) is 6.92 Å². The van der Waals surface area contributed by atoms with Crippen LogP contribution in [0.15, 0.2) is 18.5 Å². The van der Waals surface area contributed by atoms with Gasteiger partial charge in [0.15, 0.2) is 0 Å². The average Bonchev–Trinajstić information content (AvgIpc) is 2.27. The Morgan fingerprint density at radius 2 is 1.59 bits per heavy atom. The summed E-state index contributed by atoms with van der Waals surface area (Å²) >= 11 is 0. The molecular weight excluding hydrogens is 208 g/mol. The van der Waals surface area contributed by atoms with Gasteiger partial charge in [0.1, 0.15) is 0 Å². The third kappa shape index (κ3) is 2.04. The summed E-state index contributed by atoms with van der Waals surface area (Å²) in [5, 5.41) is 0. The fourth-order valence-electron chi connectivity index (χ4n) is 2.56. The second-order valence-electron chi connectivity index (χ2n) is 5.24. The molecule has 0 amide bonds. The van der Waals surface area contributed by atoms with Gasteiger partial charge in [-0.05, 0) is 41.5 Å². The molecule has 0 saturated carbocycles. The van der Waals surface area contributed by atoms with E-state index in [4.69, 9.17) is 0 Å². The van der Waals surface area contributed by atoms with Crippen LogP contribution in [0.5, 0.6) is 0 Å². The Hall–Kier alpha value is -1.44. The molecule has 0 bridgehead atoms. The van der Waals surface area contributed by atoms with Crippen molar-refractivity contribution in [1.29, 1.82) is 0 Å². The van der Waals surface area contributed by atoms with E-state index in [1.165, 1.54) is 16.7 Å². The Bertz CT molecular complexity index is 542. The van der Waals surface area contributed by atoms with Gasteiger partial charge in [-0.3, -0.25) is 9.97 Å². The molecule has 1 aromatic carbocycles. The Labute approximate surface area is 103 Å². The van der Waals surface area contributed by atoms with Gasteiger partial charge in [-0.2, -0.15) is 0 Å². The van der Waals surface area contributed by atoms with Crippen LogP contribution in [-0.2, 0) is 0 Å². The van der Waals surface area contributed by atoms with E-state index >= 15 is 0 Å². The molecule has 0 aliphatic carbocycles. The van der Waals surface area contributed by atoms with Crippen LogP contribution < -0.4 is 0 Å². The van der Waals surface area contributed by atoms with Crippen molar-refractivity contribution >= 4 is 11.0 Å². The van der Waals surface area contributed by atoms with E-state index in [0.29, 0.717) is 11.8 Å². The van der Waals surface area contributed by atoms with E-state index in [0.717, 1.165) is 11.0 Å². The highest BCUT2D eigenvalue weighted by molar-refractivity contribution is 5.81. The van der Waals surface area contributed by atoms with Gasteiger partial charge in [0.2, 0.25) is 0 Å². The number of benzene rings is 1. The molecule has 2 heteroatoms. The third-order valence-electron chi connectivity index (χ3n) is 3.31. The fraction of sp³-hybridized carbons (Fsp3) is 0.467. The summed E-state index contributed by atoms with van der Waals surface area (Å²) < 4.78 is 0. The molecule has 0 radical (unpaired) electrons. The summed E-state index contributed by atoms with van der Waals surface area (Å²) in [6.07, 6.45) is 3.55. The predicted molar refractivity (Wildman–Crippen MR) is 72.5 cm³/mol. The number of fused-ring (bicyclic) bond motifs is 1. The first-order valence-corrected chi connectivity index (χ1v) is 6.26. The molecule has 0 spiro atoms. The van der Waals surface area contributed by atoms with Gasteiger partial charge in [-0.15, -0.1) is 0 Å². The SMILES string of the molecule is Cc1c(C(C)C)cc2nccnc2c1C(C)C. The summed E-state index contributed by atoms with van der Waals surface area (Å²) in [7, 11) is 0. The van der Waals surface area contributed by atoms with Crippen LogP contribution in [0.4, 0.5) is 0 Å². The predicted octanol–water partition coefficient (Wildman–Crippen LogP) is 4.19. The molecule has 1 heterocycles. The van der Waals surface area contributed by atoms with E-state index in [2.05, 4.69) is 50.7 Å². The van der Waals surface area contributed by atoms with Crippen LogP contribution in [0.1, 0.15) is 56.2 Å². The zero-order chi connectivity index (χ0) is 12.6. The monoisotopic (exact) mass is 228 g/mol. The Kier molecular flexibility index (Phi) is 3.14. The van der Waals surface area contributed by atoms with Crippen LogP contribution in [0.25, 0.3) is 11.0 Å². The molecular formula is C15H20N2. The molecule has 2 aromatic rings. The van der Waals surface area contributed by atoms with E-state index < -0.39 is 0 Å². The molecule has 2 nitrogen and oxygen atoms in total. The number of rotatable bonds is 2. The van der Waals surface area contributed by atoms with E-state index in [1.54, 1.807) is 12.4 Å². The molecule has 0 unspecified atom stereocenters. The molecule has 0 aliphatic rings. The molecule has 0 aliphatic heterocycles. The van der Waals surface area contributed by atoms with Gasteiger partial charge in [0.05, 0.1) is 11.0 Å². The average molecular weight is 228 g/mol. The molecule has 0 atom stereocenters. The van der Waals surface area contributed by atoms with E-state index in [9.17, 15) is 0 Å². The van der Waals surface area contributed by atoms with Crippen LogP contribution >= 0.6 is 0 Å². The van der Waals surface area contributed by atoms with Crippen molar-refractivity contribution in [2.45, 2.75) is 46.5 Å². The molecule has 0 fully saturated rings. The number of hydrogen-bond acceptors (Lipinski definition) is 2. The zero-order valence-electron chi connectivity index (χ0n) is 11.3. The lowest BCUT2D eigenvalue weighted by molar-refractivity contribution is 0.822. The molecule has 90 valence electrons. The van der Waals surface area contributed by atoms with Crippen molar-refractivity contribution in [3.63, 3.8) is 0 Å². The first kappa shape index (κ1) is 12.0. The van der Waals surface area contributed by atoms with Gasteiger partial charge in [0.25, 0.3) is 0 Å². The van der Waals surface area contributed by atoms with Crippen molar-refractivity contribution in [3.8, 4) is 0 Å². The summed E-state index contributed by atoms with van der Waals surface area (Å²) in [5.41, 5.74) is 6.19. The number of nitrogens with zero attached hydrogens (tertiary/aromatic N) is 2. The van der Waals surface area contributed by atoms with Crippen molar-refractivity contribution in [2.24, 2.45) is 0 Å². The molecule has 0 saturated heterocycles. The topological polar surface area (TPSA) is 25.8 Å². The highest BCUT2D eigenvalue weighted by atomic mass is 14.8. The second kappa shape index (κ2) is 4.44. The minimum atomic E-state index is 0.480. The van der Waals surface area contributed by atoms with Gasteiger partial charge in [-0.1, -0.05) is 27.7 Å². The minimum absolute atomic E-state index is 0.480. The van der Waals surface area contributed by atoms with Crippen molar-refractivity contribution in [2.75, 3.05) is 0 Å². The van der Waals surface area contributed by atoms with Crippen LogP contribution in [-0.4, -0.2) is 9.97 Å². The summed E-state index contributed by atoms with van der Waals surface area (Å²) in [5.74, 6) is 1.01. The molecule has 2 rings (SSSR count). The lowest BCUT2D eigenvalue weighted by Gasteiger charge is -2.18. The number of aromatic nitrogens is 2. The Balaban J connectivity index is 2.85. The lowest BCUT2D eigenvalue weighted by atomic mass is 9.88. The minimum Gasteiger partial charge on any atom is -0.253 e. The van der Waals surface area contributed by atoms with Crippen LogP contribution in [0.2, 0.25) is 0 Å². The molecule has 1 aromatic heterocycles. The van der Waals surface area contributed by atoms with E-state index in [1.807, 2.05) is 0 Å². The zero-order valence-corrected chi connectivity index (χ0v) is 11.3. The highest BCUT2D eigenvalue weighted by Gasteiger charge is 2.15. The maximum absolute atomic E-state index is 4.50. The Morgan fingerprint density at radius 3 is 2.18 bits per heavy atom. The van der Waals surface area contributed by atoms with E-state index in [-0.39, 0.29) is 0 Å². The smallest absolute Gasteiger partial charge is 0.0924 e. The Morgan fingerprint density at radius 1 is 0.941 bits per heavy atom. The highest BCUT2D eigenvalue weighted by Crippen LogP contribution is 2.32. The fourth-order valence-corrected chi connectivity index (χ4v) is 2.56. The third-order valence-corrected chi connectivity index (χ3v) is 3.31. The maximum Gasteiger partial charge on any atom is 0.0924 e. The molecule has 0 N–H and O–H groups in total. The summed E-state index contributed by atoms with van der Waals surface area (Å²) in [6.45, 7) is 11.1. The maximum atomic E-state index is 4.50. The second-order valence-corrected chi connectivity index (χ2v) is 5.24. The quantitative estimate of drug-likeness (QED) is 0.770. The summed E-state index contributed by atoms with van der Waals surface area (Å²) in [4.78, 5) is 8.95. The normalized spacial score (nSPS) is 11.7. The van der Waals surface area contributed by atoms with Crippen LogP contribution in [0.3, 0.4) is 0 Å². The van der Waals surface area contributed by atoms with Gasteiger partial charge in [0, 0.05) is 12.4 Å². The largest absolute Gasteiger partial charge is 0.253 e. The van der Waals surface area contributed by atoms with Gasteiger partial charge >= 0.3 is 0 Å². The van der Waals surface area contributed by atoms with Crippen molar-refractivity contribution < 1.29 is 0 Å². The first-order chi connectivity index (χ1) is 8.02. The standard InChI is InChI=1S/C15H20N2/c1-9(2)12-8-13-15(17-7-6-16-13)14(10(3)4)11(12)5/h6-10H,1-5H3. The van der Waals surface area contributed by atoms with Gasteiger partial charge < -0.3 is 0 Å².